The van der Waals surface area contributed by atoms with Crippen LogP contribution in [0.4, 0.5) is 0 Å². The zero-order valence-electron chi connectivity index (χ0n) is 16.1. The zero-order valence-corrected chi connectivity index (χ0v) is 16.9. The average Bonchev–Trinajstić information content (AvgIpc) is 3.20. The second-order valence-electron chi connectivity index (χ2n) is 7.28. The Labute approximate surface area is 161 Å². The fourth-order valence-electron chi connectivity index (χ4n) is 3.79. The Morgan fingerprint density at radius 2 is 1.70 bits per heavy atom. The molecule has 1 saturated carbocycles. The fraction of sp³-hybridized carbons (Fsp3) is 0.632. The Morgan fingerprint density at radius 3 is 2.26 bits per heavy atom. The van der Waals surface area contributed by atoms with E-state index in [4.69, 9.17) is 4.74 Å². The summed E-state index contributed by atoms with van der Waals surface area (Å²) in [7, 11) is -1.98. The number of rotatable bonds is 6. The van der Waals surface area contributed by atoms with Crippen molar-refractivity contribution >= 4 is 15.9 Å². The molecule has 27 heavy (non-hydrogen) atoms. The minimum atomic E-state index is -3.52. The van der Waals surface area contributed by atoms with Crippen molar-refractivity contribution in [1.82, 2.24) is 14.5 Å². The quantitative estimate of drug-likeness (QED) is 0.789. The highest BCUT2D eigenvalue weighted by molar-refractivity contribution is 7.89. The zero-order chi connectivity index (χ0) is 19.4. The monoisotopic (exact) mass is 395 g/mol. The minimum Gasteiger partial charge on any atom is -0.497 e. The number of nitrogens with one attached hydrogen (secondary N) is 1. The predicted octanol–water partition coefficient (Wildman–Crippen LogP) is 1.45. The number of nitrogens with zero attached hydrogens (tertiary/aromatic N) is 2. The van der Waals surface area contributed by atoms with Crippen molar-refractivity contribution in [2.45, 2.75) is 49.6 Å². The summed E-state index contributed by atoms with van der Waals surface area (Å²) in [6.45, 7) is 3.77. The largest absolute Gasteiger partial charge is 0.497 e. The van der Waals surface area contributed by atoms with Crippen molar-refractivity contribution in [2.75, 3.05) is 33.3 Å². The normalized spacial score (nSPS) is 21.1. The molecular weight excluding hydrogens is 366 g/mol. The fourth-order valence-corrected chi connectivity index (χ4v) is 5.21. The van der Waals surface area contributed by atoms with Gasteiger partial charge in [0.2, 0.25) is 15.9 Å². The van der Waals surface area contributed by atoms with Gasteiger partial charge in [-0.2, -0.15) is 4.31 Å². The van der Waals surface area contributed by atoms with Crippen LogP contribution in [0.25, 0.3) is 0 Å². The summed E-state index contributed by atoms with van der Waals surface area (Å²) in [5, 5.41) is 3.13. The number of benzene rings is 1. The van der Waals surface area contributed by atoms with E-state index in [0.29, 0.717) is 38.0 Å². The molecule has 0 bridgehead atoms. The molecule has 2 aliphatic rings. The van der Waals surface area contributed by atoms with Crippen LogP contribution < -0.4 is 10.1 Å². The molecule has 1 amide bonds. The van der Waals surface area contributed by atoms with Crippen LogP contribution in [0.5, 0.6) is 5.75 Å². The van der Waals surface area contributed by atoms with Crippen molar-refractivity contribution in [3.63, 3.8) is 0 Å². The number of hydrogen-bond donors (Lipinski definition) is 1. The average molecular weight is 396 g/mol. The van der Waals surface area contributed by atoms with Crippen LogP contribution in [-0.4, -0.2) is 68.9 Å². The second-order valence-corrected chi connectivity index (χ2v) is 9.22. The van der Waals surface area contributed by atoms with Crippen molar-refractivity contribution in [1.29, 1.82) is 0 Å². The van der Waals surface area contributed by atoms with E-state index in [1.54, 1.807) is 31.4 Å². The van der Waals surface area contributed by atoms with Crippen molar-refractivity contribution < 1.29 is 17.9 Å². The summed E-state index contributed by atoms with van der Waals surface area (Å²) in [6.07, 6.45) is 4.49. The minimum absolute atomic E-state index is 0.0494. The first kappa shape index (κ1) is 20.1. The predicted molar refractivity (Wildman–Crippen MR) is 103 cm³/mol. The van der Waals surface area contributed by atoms with Crippen molar-refractivity contribution in [3.05, 3.63) is 24.3 Å². The summed E-state index contributed by atoms with van der Waals surface area (Å²) in [6, 6.07) is 6.50. The Hall–Kier alpha value is -1.64. The van der Waals surface area contributed by atoms with Gasteiger partial charge >= 0.3 is 0 Å². The van der Waals surface area contributed by atoms with Crippen molar-refractivity contribution in [3.8, 4) is 5.75 Å². The molecule has 1 N–H and O–H groups in total. The van der Waals surface area contributed by atoms with Gasteiger partial charge in [0.25, 0.3) is 0 Å². The third-order valence-corrected chi connectivity index (χ3v) is 7.51. The molecule has 1 heterocycles. The van der Waals surface area contributed by atoms with E-state index >= 15 is 0 Å². The highest BCUT2D eigenvalue weighted by Crippen LogP contribution is 2.22. The number of carbonyl (C=O) groups excluding carboxylic acids is 1. The number of carbonyl (C=O) groups is 1. The first-order valence-electron chi connectivity index (χ1n) is 9.60. The lowest BCUT2D eigenvalue weighted by atomic mass is 10.2. The van der Waals surface area contributed by atoms with E-state index in [0.717, 1.165) is 12.8 Å². The molecule has 3 rings (SSSR count). The lowest BCUT2D eigenvalue weighted by molar-refractivity contribution is -0.127. The van der Waals surface area contributed by atoms with Gasteiger partial charge in [0.15, 0.2) is 0 Å². The van der Waals surface area contributed by atoms with Crippen LogP contribution in [0.1, 0.15) is 32.6 Å². The number of piperazine rings is 1. The number of sulfonamides is 1. The van der Waals surface area contributed by atoms with Crippen LogP contribution in [0.3, 0.4) is 0 Å². The summed E-state index contributed by atoms with van der Waals surface area (Å²) in [5.41, 5.74) is 0. The molecule has 1 saturated heterocycles. The summed E-state index contributed by atoms with van der Waals surface area (Å²) >= 11 is 0. The number of amides is 1. The third kappa shape index (κ3) is 4.62. The van der Waals surface area contributed by atoms with E-state index < -0.39 is 10.0 Å². The maximum absolute atomic E-state index is 12.8. The Balaban J connectivity index is 1.56. The van der Waals surface area contributed by atoms with Crippen LogP contribution >= 0.6 is 0 Å². The first-order chi connectivity index (χ1) is 12.9. The molecule has 1 aliphatic carbocycles. The molecular formula is C19H29N3O4S. The van der Waals surface area contributed by atoms with Gasteiger partial charge in [-0.25, -0.2) is 8.42 Å². The topological polar surface area (TPSA) is 79.0 Å². The van der Waals surface area contributed by atoms with Gasteiger partial charge < -0.3 is 10.1 Å². The van der Waals surface area contributed by atoms with E-state index in [2.05, 4.69) is 10.2 Å². The molecule has 0 spiro atoms. The third-order valence-electron chi connectivity index (χ3n) is 5.60. The van der Waals surface area contributed by atoms with Gasteiger partial charge in [0.05, 0.1) is 18.0 Å². The standard InChI is InChI=1S/C19H29N3O4S/c1-15(19(23)20-16-5-3-4-6-16)21-11-13-22(14-12-21)27(24,25)18-9-7-17(26-2)8-10-18/h7-10,15-16H,3-6,11-14H2,1-2H3,(H,20,23)/t15-/m1/s1. The molecule has 1 atom stereocenters. The summed E-state index contributed by atoms with van der Waals surface area (Å²) in [4.78, 5) is 14.8. The lowest BCUT2D eigenvalue weighted by Crippen LogP contribution is -2.55. The molecule has 150 valence electrons. The maximum atomic E-state index is 12.8. The SMILES string of the molecule is COc1ccc(S(=O)(=O)N2CCN([C@H](C)C(=O)NC3CCCC3)CC2)cc1. The van der Waals surface area contributed by atoms with Gasteiger partial charge in [-0.3, -0.25) is 9.69 Å². The van der Waals surface area contributed by atoms with Crippen LogP contribution in [-0.2, 0) is 14.8 Å². The van der Waals surface area contributed by atoms with Gasteiger partial charge in [-0.15, -0.1) is 0 Å². The molecule has 2 fully saturated rings. The number of hydrogen-bond acceptors (Lipinski definition) is 5. The van der Waals surface area contributed by atoms with E-state index in [-0.39, 0.29) is 16.8 Å². The van der Waals surface area contributed by atoms with E-state index in [9.17, 15) is 13.2 Å². The Bertz CT molecular complexity index is 737. The molecule has 7 nitrogen and oxygen atoms in total. The Morgan fingerprint density at radius 1 is 1.11 bits per heavy atom. The Kier molecular flexibility index (Phi) is 6.39. The van der Waals surface area contributed by atoms with Gasteiger partial charge in [0, 0.05) is 32.2 Å². The van der Waals surface area contributed by atoms with E-state index in [1.165, 1.54) is 17.1 Å². The molecule has 1 aliphatic heterocycles. The van der Waals surface area contributed by atoms with Crippen LogP contribution in [0.2, 0.25) is 0 Å². The second kappa shape index (κ2) is 8.58. The number of methoxy groups -OCH3 is 1. The number of ether oxygens (including phenoxy) is 1. The van der Waals surface area contributed by atoms with Crippen LogP contribution in [0.15, 0.2) is 29.2 Å². The molecule has 1 aromatic rings. The van der Waals surface area contributed by atoms with Gasteiger partial charge in [0.1, 0.15) is 5.75 Å². The molecule has 8 heteroatoms. The maximum Gasteiger partial charge on any atom is 0.243 e. The highest BCUT2D eigenvalue weighted by Gasteiger charge is 2.32. The lowest BCUT2D eigenvalue weighted by Gasteiger charge is -2.37. The van der Waals surface area contributed by atoms with E-state index in [1.807, 2.05) is 6.92 Å². The van der Waals surface area contributed by atoms with Gasteiger partial charge in [-0.1, -0.05) is 12.8 Å². The summed E-state index contributed by atoms with van der Waals surface area (Å²) < 4.78 is 32.2. The van der Waals surface area contributed by atoms with Crippen molar-refractivity contribution in [2.24, 2.45) is 0 Å². The first-order valence-corrected chi connectivity index (χ1v) is 11.0. The molecule has 0 radical (unpaired) electrons. The molecule has 1 aromatic carbocycles. The molecule has 0 aromatic heterocycles. The highest BCUT2D eigenvalue weighted by atomic mass is 32.2. The summed E-state index contributed by atoms with van der Waals surface area (Å²) in [5.74, 6) is 0.675. The van der Waals surface area contributed by atoms with Crippen LogP contribution in [0, 0.1) is 0 Å². The van der Waals surface area contributed by atoms with Gasteiger partial charge in [-0.05, 0) is 44.0 Å². The smallest absolute Gasteiger partial charge is 0.243 e. The molecule has 0 unspecified atom stereocenters.